The highest BCUT2D eigenvalue weighted by Crippen LogP contribution is 2.24. The van der Waals surface area contributed by atoms with Crippen molar-refractivity contribution in [2.75, 3.05) is 0 Å². The number of rotatable bonds is 8. The van der Waals surface area contributed by atoms with Crippen LogP contribution in [0.5, 0.6) is 0 Å². The maximum Gasteiger partial charge on any atom is -0.0353 e. The summed E-state index contributed by atoms with van der Waals surface area (Å²) in [4.78, 5) is 0. The lowest BCUT2D eigenvalue weighted by molar-refractivity contribution is 0.320. The highest BCUT2D eigenvalue weighted by atomic mass is 14.2. The predicted molar refractivity (Wildman–Crippen MR) is 66.4 cm³/mol. The summed E-state index contributed by atoms with van der Waals surface area (Å²) >= 11 is 0. The number of hydrogen-bond acceptors (Lipinski definition) is 0. The van der Waals surface area contributed by atoms with Crippen LogP contribution >= 0.6 is 0 Å². The molecule has 0 radical (unpaired) electrons. The summed E-state index contributed by atoms with van der Waals surface area (Å²) in [7, 11) is 0. The van der Waals surface area contributed by atoms with Gasteiger partial charge in [-0.05, 0) is 43.4 Å². The summed E-state index contributed by atoms with van der Waals surface area (Å²) in [5.74, 6) is 2.64. The van der Waals surface area contributed by atoms with Gasteiger partial charge in [-0.3, -0.25) is 0 Å². The van der Waals surface area contributed by atoms with E-state index in [2.05, 4.69) is 34.3 Å². The minimum Gasteiger partial charge on any atom is -0.103 e. The Morgan fingerprint density at radius 2 is 1.50 bits per heavy atom. The monoisotopic (exact) mass is 196 g/mol. The number of allylic oxidation sites excluding steroid dienone is 1. The molecule has 0 rings (SSSR count). The Labute approximate surface area is 90.8 Å². The largest absolute Gasteiger partial charge is 0.103 e. The fourth-order valence-corrected chi connectivity index (χ4v) is 2.22. The van der Waals surface area contributed by atoms with E-state index in [9.17, 15) is 0 Å². The van der Waals surface area contributed by atoms with Crippen molar-refractivity contribution < 1.29 is 0 Å². The van der Waals surface area contributed by atoms with Crippen LogP contribution in [0.3, 0.4) is 0 Å². The van der Waals surface area contributed by atoms with Gasteiger partial charge in [0.15, 0.2) is 0 Å². The summed E-state index contributed by atoms with van der Waals surface area (Å²) in [6.45, 7) is 13.1. The van der Waals surface area contributed by atoms with Crippen LogP contribution in [0, 0.1) is 17.8 Å². The fourth-order valence-electron chi connectivity index (χ4n) is 2.22. The second-order valence-electron chi connectivity index (χ2n) is 5.34. The summed E-state index contributed by atoms with van der Waals surface area (Å²) in [5, 5.41) is 0. The van der Waals surface area contributed by atoms with Gasteiger partial charge in [-0.25, -0.2) is 0 Å². The van der Waals surface area contributed by atoms with Crippen molar-refractivity contribution in [2.45, 2.75) is 59.8 Å². The third-order valence-corrected chi connectivity index (χ3v) is 2.63. The third-order valence-electron chi connectivity index (χ3n) is 2.63. The van der Waals surface area contributed by atoms with Crippen molar-refractivity contribution in [1.82, 2.24) is 0 Å². The van der Waals surface area contributed by atoms with Gasteiger partial charge in [0.05, 0.1) is 0 Å². The second-order valence-corrected chi connectivity index (χ2v) is 5.34. The van der Waals surface area contributed by atoms with Crippen LogP contribution in [-0.2, 0) is 0 Å². The Morgan fingerprint density at radius 3 is 1.86 bits per heavy atom. The zero-order chi connectivity index (χ0) is 11.0. The molecule has 0 aromatic carbocycles. The van der Waals surface area contributed by atoms with E-state index in [1.54, 1.807) is 0 Å². The molecule has 0 atom stereocenters. The Morgan fingerprint density at radius 1 is 1.00 bits per heavy atom. The van der Waals surface area contributed by atoms with E-state index >= 15 is 0 Å². The third kappa shape index (κ3) is 8.34. The van der Waals surface area contributed by atoms with E-state index in [0.717, 1.165) is 17.8 Å². The zero-order valence-corrected chi connectivity index (χ0v) is 10.6. The lowest BCUT2D eigenvalue weighted by Gasteiger charge is -2.20. The van der Waals surface area contributed by atoms with E-state index in [1.807, 2.05) is 6.08 Å². The molecule has 0 fully saturated rings. The minimum absolute atomic E-state index is 0.850. The van der Waals surface area contributed by atoms with E-state index < -0.39 is 0 Å². The summed E-state index contributed by atoms with van der Waals surface area (Å²) in [6, 6.07) is 0. The highest BCUT2D eigenvalue weighted by Gasteiger charge is 2.12. The van der Waals surface area contributed by atoms with Gasteiger partial charge in [0, 0.05) is 0 Å². The van der Waals surface area contributed by atoms with Gasteiger partial charge in [0.2, 0.25) is 0 Å². The van der Waals surface area contributed by atoms with Crippen LogP contribution in [0.4, 0.5) is 0 Å². The molecule has 0 saturated heterocycles. The summed E-state index contributed by atoms with van der Waals surface area (Å²) < 4.78 is 0. The molecule has 0 saturated carbocycles. The molecular weight excluding hydrogens is 168 g/mol. The number of unbranched alkanes of at least 4 members (excludes halogenated alkanes) is 1. The standard InChI is InChI=1S/C14H28/c1-6-7-8-9-14(10-12(2)3)11-13(4)5/h6,12-14H,1,7-11H2,2-5H3. The minimum atomic E-state index is 0.850. The van der Waals surface area contributed by atoms with Gasteiger partial charge in [-0.2, -0.15) is 0 Å². The van der Waals surface area contributed by atoms with Crippen LogP contribution in [0.2, 0.25) is 0 Å². The first-order valence-electron chi connectivity index (χ1n) is 6.17. The molecule has 0 heterocycles. The molecule has 14 heavy (non-hydrogen) atoms. The molecule has 0 unspecified atom stereocenters. The molecule has 84 valence electrons. The van der Waals surface area contributed by atoms with Crippen molar-refractivity contribution in [3.63, 3.8) is 0 Å². The Balaban J connectivity index is 3.77. The van der Waals surface area contributed by atoms with Crippen LogP contribution in [0.25, 0.3) is 0 Å². The first-order chi connectivity index (χ1) is 6.56. The van der Waals surface area contributed by atoms with Gasteiger partial charge < -0.3 is 0 Å². The van der Waals surface area contributed by atoms with E-state index in [-0.39, 0.29) is 0 Å². The predicted octanol–water partition coefficient (Wildman–Crippen LogP) is 5.05. The molecule has 0 nitrogen and oxygen atoms in total. The smallest absolute Gasteiger partial charge is 0.0353 e. The van der Waals surface area contributed by atoms with Crippen molar-refractivity contribution in [1.29, 1.82) is 0 Å². The average Bonchev–Trinajstić information content (AvgIpc) is 2.02. The fraction of sp³-hybridized carbons (Fsp3) is 0.857. The van der Waals surface area contributed by atoms with E-state index in [1.165, 1.54) is 32.1 Å². The molecule has 0 N–H and O–H groups in total. The molecular formula is C14H28. The lowest BCUT2D eigenvalue weighted by atomic mass is 9.86. The van der Waals surface area contributed by atoms with Crippen LogP contribution in [0.15, 0.2) is 12.7 Å². The first-order valence-corrected chi connectivity index (χ1v) is 6.17. The molecule has 0 aromatic heterocycles. The van der Waals surface area contributed by atoms with Crippen LogP contribution in [-0.4, -0.2) is 0 Å². The van der Waals surface area contributed by atoms with Crippen molar-refractivity contribution in [3.8, 4) is 0 Å². The summed E-state index contributed by atoms with van der Waals surface area (Å²) in [6.07, 6.45) is 8.75. The summed E-state index contributed by atoms with van der Waals surface area (Å²) in [5.41, 5.74) is 0. The van der Waals surface area contributed by atoms with Crippen molar-refractivity contribution in [2.24, 2.45) is 17.8 Å². The highest BCUT2D eigenvalue weighted by molar-refractivity contribution is 4.69. The lowest BCUT2D eigenvalue weighted by Crippen LogP contribution is -2.08. The Bertz CT molecular complexity index is 123. The quantitative estimate of drug-likeness (QED) is 0.376. The molecule has 0 bridgehead atoms. The van der Waals surface area contributed by atoms with Gasteiger partial charge in [-0.1, -0.05) is 40.2 Å². The maximum absolute atomic E-state index is 3.78. The van der Waals surface area contributed by atoms with Gasteiger partial charge in [0.25, 0.3) is 0 Å². The van der Waals surface area contributed by atoms with Crippen LogP contribution in [0.1, 0.15) is 59.8 Å². The van der Waals surface area contributed by atoms with Crippen molar-refractivity contribution in [3.05, 3.63) is 12.7 Å². The normalized spacial score (nSPS) is 11.6. The second kappa shape index (κ2) is 8.08. The Hall–Kier alpha value is -0.260. The maximum atomic E-state index is 3.78. The molecule has 0 aliphatic rings. The van der Waals surface area contributed by atoms with Crippen LogP contribution < -0.4 is 0 Å². The van der Waals surface area contributed by atoms with Gasteiger partial charge >= 0.3 is 0 Å². The molecule has 0 amide bonds. The number of hydrogen-bond donors (Lipinski definition) is 0. The van der Waals surface area contributed by atoms with Gasteiger partial charge in [0.1, 0.15) is 0 Å². The van der Waals surface area contributed by atoms with E-state index in [0.29, 0.717) is 0 Å². The SMILES string of the molecule is C=CCCCC(CC(C)C)CC(C)C. The molecule has 0 aromatic rings. The topological polar surface area (TPSA) is 0 Å². The molecule has 0 spiro atoms. The van der Waals surface area contributed by atoms with Gasteiger partial charge in [-0.15, -0.1) is 6.58 Å². The molecule has 0 aliphatic heterocycles. The Kier molecular flexibility index (Phi) is 7.93. The molecule has 0 aliphatic carbocycles. The molecule has 0 heteroatoms. The van der Waals surface area contributed by atoms with E-state index in [4.69, 9.17) is 0 Å². The van der Waals surface area contributed by atoms with Crippen molar-refractivity contribution >= 4 is 0 Å². The average molecular weight is 196 g/mol. The first kappa shape index (κ1) is 13.7. The zero-order valence-electron chi connectivity index (χ0n) is 10.6.